The summed E-state index contributed by atoms with van der Waals surface area (Å²) in [6.07, 6.45) is -5.36. The molecule has 19 heavy (non-hydrogen) atoms. The second-order valence-electron chi connectivity index (χ2n) is 3.74. The summed E-state index contributed by atoms with van der Waals surface area (Å²) in [7, 11) is 0. The number of nitrogens with zero attached hydrogens (tertiary/aromatic N) is 2. The molecular formula is C12H10ClF3N2O. The molecule has 0 saturated carbocycles. The Balaban J connectivity index is 3.18. The van der Waals surface area contributed by atoms with E-state index in [0.717, 1.165) is 18.2 Å². The molecule has 0 aliphatic rings. The summed E-state index contributed by atoms with van der Waals surface area (Å²) < 4.78 is 38.4. The van der Waals surface area contributed by atoms with Gasteiger partial charge in [-0.3, -0.25) is 0 Å². The number of oxime groups is 1. The third-order valence-corrected chi connectivity index (χ3v) is 2.44. The van der Waals surface area contributed by atoms with E-state index in [9.17, 15) is 13.2 Å². The highest BCUT2D eigenvalue weighted by molar-refractivity contribution is 6.31. The van der Waals surface area contributed by atoms with E-state index in [1.54, 1.807) is 6.07 Å². The van der Waals surface area contributed by atoms with E-state index in [0.29, 0.717) is 0 Å². The van der Waals surface area contributed by atoms with Crippen molar-refractivity contribution in [1.82, 2.24) is 0 Å². The van der Waals surface area contributed by atoms with Gasteiger partial charge in [0, 0.05) is 10.6 Å². The van der Waals surface area contributed by atoms with E-state index in [4.69, 9.17) is 21.7 Å². The fraction of sp³-hybridized carbons (Fsp3) is 0.333. The topological polar surface area (TPSA) is 45.4 Å². The Hall–Kier alpha value is -1.74. The summed E-state index contributed by atoms with van der Waals surface area (Å²) in [6.45, 7) is 2.78. The average molecular weight is 291 g/mol. The zero-order chi connectivity index (χ0) is 14.6. The lowest BCUT2D eigenvalue weighted by Gasteiger charge is -2.13. The molecule has 0 amide bonds. The van der Waals surface area contributed by atoms with Gasteiger partial charge in [0.1, 0.15) is 6.07 Å². The van der Waals surface area contributed by atoms with Crippen LogP contribution in [-0.2, 0) is 11.0 Å². The smallest absolute Gasteiger partial charge is 0.377 e. The van der Waals surface area contributed by atoms with Gasteiger partial charge in [-0.05, 0) is 32.0 Å². The standard InChI is InChI=1S/C12H10ClF3N2O/c1-7(6-17)19-18-8(2)10-5-9(13)3-4-11(10)12(14,15)16/h3-5,7H,1-2H3. The van der Waals surface area contributed by atoms with Crippen molar-refractivity contribution < 1.29 is 18.0 Å². The molecule has 1 rings (SSSR count). The molecule has 0 spiro atoms. The van der Waals surface area contributed by atoms with Crippen molar-refractivity contribution >= 4 is 17.3 Å². The number of benzene rings is 1. The summed E-state index contributed by atoms with van der Waals surface area (Å²) in [6, 6.07) is 4.94. The van der Waals surface area contributed by atoms with Crippen LogP contribution in [0.5, 0.6) is 0 Å². The molecule has 1 unspecified atom stereocenters. The highest BCUT2D eigenvalue weighted by atomic mass is 35.5. The molecule has 0 heterocycles. The third-order valence-electron chi connectivity index (χ3n) is 2.21. The van der Waals surface area contributed by atoms with Crippen LogP contribution in [0.25, 0.3) is 0 Å². The summed E-state index contributed by atoms with van der Waals surface area (Å²) in [5.41, 5.74) is -1.03. The van der Waals surface area contributed by atoms with E-state index >= 15 is 0 Å². The molecule has 0 fully saturated rings. The van der Waals surface area contributed by atoms with Crippen molar-refractivity contribution in [2.75, 3.05) is 0 Å². The summed E-state index contributed by atoms with van der Waals surface area (Å²) in [5.74, 6) is 0. The third kappa shape index (κ3) is 4.14. The Bertz CT molecular complexity index is 535. The maximum absolute atomic E-state index is 12.8. The number of hydrogen-bond donors (Lipinski definition) is 0. The number of alkyl halides is 3. The van der Waals surface area contributed by atoms with Crippen LogP contribution < -0.4 is 0 Å². The Morgan fingerprint density at radius 1 is 1.47 bits per heavy atom. The first-order valence-electron chi connectivity index (χ1n) is 5.23. The molecule has 0 aliphatic heterocycles. The zero-order valence-electron chi connectivity index (χ0n) is 10.1. The van der Waals surface area contributed by atoms with Crippen molar-refractivity contribution in [3.63, 3.8) is 0 Å². The normalized spacial score (nSPS) is 13.8. The lowest BCUT2D eigenvalue weighted by atomic mass is 10.0. The van der Waals surface area contributed by atoms with Gasteiger partial charge in [-0.1, -0.05) is 16.8 Å². The fourth-order valence-electron chi connectivity index (χ4n) is 1.29. The molecule has 0 aromatic heterocycles. The van der Waals surface area contributed by atoms with Crippen LogP contribution in [0, 0.1) is 11.3 Å². The molecule has 0 bridgehead atoms. The second kappa shape index (κ2) is 5.93. The van der Waals surface area contributed by atoms with Crippen LogP contribution in [0.1, 0.15) is 25.0 Å². The van der Waals surface area contributed by atoms with Gasteiger partial charge < -0.3 is 4.84 Å². The Morgan fingerprint density at radius 2 is 2.11 bits per heavy atom. The molecule has 0 N–H and O–H groups in total. The Morgan fingerprint density at radius 3 is 2.63 bits per heavy atom. The Labute approximate surface area is 113 Å². The van der Waals surface area contributed by atoms with Crippen LogP contribution in [0.4, 0.5) is 13.2 Å². The van der Waals surface area contributed by atoms with E-state index in [2.05, 4.69) is 5.16 Å². The molecule has 0 aliphatic carbocycles. The number of halogens is 4. The van der Waals surface area contributed by atoms with Crippen molar-refractivity contribution in [1.29, 1.82) is 5.26 Å². The Kier molecular flexibility index (Phi) is 4.78. The lowest BCUT2D eigenvalue weighted by molar-refractivity contribution is -0.137. The average Bonchev–Trinajstić information content (AvgIpc) is 2.33. The quantitative estimate of drug-likeness (QED) is 0.623. The van der Waals surface area contributed by atoms with Crippen molar-refractivity contribution in [3.8, 4) is 6.07 Å². The molecule has 1 aromatic rings. The minimum absolute atomic E-state index is 0.00285. The molecular weight excluding hydrogens is 281 g/mol. The van der Waals surface area contributed by atoms with Gasteiger partial charge >= 0.3 is 6.18 Å². The first kappa shape index (κ1) is 15.3. The number of nitriles is 1. The van der Waals surface area contributed by atoms with Crippen molar-refractivity contribution in [2.24, 2.45) is 5.16 Å². The number of hydrogen-bond acceptors (Lipinski definition) is 3. The van der Waals surface area contributed by atoms with Gasteiger partial charge in [0.2, 0.25) is 6.10 Å². The van der Waals surface area contributed by atoms with Crippen LogP contribution in [-0.4, -0.2) is 11.8 Å². The van der Waals surface area contributed by atoms with E-state index < -0.39 is 17.8 Å². The molecule has 1 atom stereocenters. The number of rotatable bonds is 3. The molecule has 0 radical (unpaired) electrons. The largest absolute Gasteiger partial charge is 0.417 e. The van der Waals surface area contributed by atoms with E-state index in [1.165, 1.54) is 13.8 Å². The molecule has 1 aromatic carbocycles. The van der Waals surface area contributed by atoms with Crippen LogP contribution in [0.3, 0.4) is 0 Å². The highest BCUT2D eigenvalue weighted by Gasteiger charge is 2.34. The summed E-state index contributed by atoms with van der Waals surface area (Å²) >= 11 is 5.69. The van der Waals surface area contributed by atoms with Crippen LogP contribution >= 0.6 is 11.6 Å². The predicted octanol–water partition coefficient (Wildman–Crippen LogP) is 4.01. The van der Waals surface area contributed by atoms with E-state index in [-0.39, 0.29) is 16.3 Å². The summed E-state index contributed by atoms with van der Waals surface area (Å²) in [4.78, 5) is 4.73. The minimum atomic E-state index is -4.52. The van der Waals surface area contributed by atoms with Crippen LogP contribution in [0.2, 0.25) is 5.02 Å². The SMILES string of the molecule is CC(=NOC(C)C#N)c1cc(Cl)ccc1C(F)(F)F. The predicted molar refractivity (Wildman–Crippen MR) is 64.8 cm³/mol. The molecule has 7 heteroatoms. The second-order valence-corrected chi connectivity index (χ2v) is 4.18. The van der Waals surface area contributed by atoms with Crippen molar-refractivity contribution in [3.05, 3.63) is 34.3 Å². The first-order chi connectivity index (χ1) is 8.75. The maximum atomic E-state index is 12.8. The van der Waals surface area contributed by atoms with Gasteiger partial charge in [0.05, 0.1) is 11.3 Å². The van der Waals surface area contributed by atoms with Crippen LogP contribution in [0.15, 0.2) is 23.4 Å². The van der Waals surface area contributed by atoms with Gasteiger partial charge in [0.15, 0.2) is 0 Å². The highest BCUT2D eigenvalue weighted by Crippen LogP contribution is 2.33. The minimum Gasteiger partial charge on any atom is -0.377 e. The van der Waals surface area contributed by atoms with Crippen molar-refractivity contribution in [2.45, 2.75) is 26.1 Å². The zero-order valence-corrected chi connectivity index (χ0v) is 10.9. The van der Waals surface area contributed by atoms with Gasteiger partial charge in [-0.2, -0.15) is 18.4 Å². The monoisotopic (exact) mass is 290 g/mol. The van der Waals surface area contributed by atoms with E-state index in [1.807, 2.05) is 0 Å². The maximum Gasteiger partial charge on any atom is 0.417 e. The molecule has 0 saturated heterocycles. The summed E-state index contributed by atoms with van der Waals surface area (Å²) in [5, 5.41) is 12.2. The van der Waals surface area contributed by atoms with Gasteiger partial charge in [0.25, 0.3) is 0 Å². The fourth-order valence-corrected chi connectivity index (χ4v) is 1.47. The van der Waals surface area contributed by atoms with Gasteiger partial charge in [-0.25, -0.2) is 0 Å². The lowest BCUT2D eigenvalue weighted by Crippen LogP contribution is -2.13. The molecule has 3 nitrogen and oxygen atoms in total. The van der Waals surface area contributed by atoms with Gasteiger partial charge in [-0.15, -0.1) is 0 Å². The molecule has 102 valence electrons. The first-order valence-corrected chi connectivity index (χ1v) is 5.60.